The lowest BCUT2D eigenvalue weighted by Crippen LogP contribution is -1.97. The molecule has 0 bridgehead atoms. The number of phenolic OH excluding ortho intramolecular Hbond substituents is 2. The van der Waals surface area contributed by atoms with Crippen molar-refractivity contribution in [2.45, 2.75) is 12.8 Å². The molecule has 1 aromatic carbocycles. The standard InChI is InChI=1S/C13H15NO3/c1-3-5-9-7-12(15)10(6-4-2)11(8-14-17)13(9)16/h3-4,7-8,15-17H,1-2,5-6H2. The molecule has 90 valence electrons. The number of oxime groups is 1. The van der Waals surface area contributed by atoms with Crippen LogP contribution in [0.15, 0.2) is 36.5 Å². The maximum absolute atomic E-state index is 9.99. The zero-order valence-corrected chi connectivity index (χ0v) is 9.43. The molecule has 0 heterocycles. The highest BCUT2D eigenvalue weighted by Crippen LogP contribution is 2.33. The number of rotatable bonds is 5. The van der Waals surface area contributed by atoms with Crippen LogP contribution in [0.25, 0.3) is 0 Å². The second kappa shape index (κ2) is 5.75. The molecule has 0 saturated heterocycles. The van der Waals surface area contributed by atoms with Gasteiger partial charge in [0.2, 0.25) is 0 Å². The van der Waals surface area contributed by atoms with Crippen LogP contribution >= 0.6 is 0 Å². The second-order valence-corrected chi connectivity index (χ2v) is 3.53. The average Bonchev–Trinajstić information content (AvgIpc) is 2.30. The Bertz CT molecular complexity index is 464. The van der Waals surface area contributed by atoms with Crippen molar-refractivity contribution in [1.82, 2.24) is 0 Å². The summed E-state index contributed by atoms with van der Waals surface area (Å²) in [5, 5.41) is 31.3. The van der Waals surface area contributed by atoms with E-state index in [0.717, 1.165) is 6.21 Å². The Labute approximate surface area is 99.8 Å². The molecule has 0 unspecified atom stereocenters. The van der Waals surface area contributed by atoms with Crippen molar-refractivity contribution >= 4 is 6.21 Å². The third-order valence-electron chi connectivity index (χ3n) is 2.40. The largest absolute Gasteiger partial charge is 0.508 e. The van der Waals surface area contributed by atoms with E-state index in [1.807, 2.05) is 0 Å². The van der Waals surface area contributed by atoms with E-state index in [-0.39, 0.29) is 11.5 Å². The maximum atomic E-state index is 9.99. The topological polar surface area (TPSA) is 73.1 Å². The number of hydrogen-bond acceptors (Lipinski definition) is 4. The lowest BCUT2D eigenvalue weighted by molar-refractivity contribution is 0.321. The van der Waals surface area contributed by atoms with Crippen LogP contribution in [0.3, 0.4) is 0 Å². The van der Waals surface area contributed by atoms with Gasteiger partial charge in [0.25, 0.3) is 0 Å². The van der Waals surface area contributed by atoms with E-state index in [2.05, 4.69) is 18.3 Å². The molecule has 0 aliphatic carbocycles. The summed E-state index contributed by atoms with van der Waals surface area (Å²) in [7, 11) is 0. The zero-order valence-electron chi connectivity index (χ0n) is 9.43. The van der Waals surface area contributed by atoms with E-state index in [0.29, 0.717) is 29.5 Å². The van der Waals surface area contributed by atoms with Crippen molar-refractivity contribution in [3.63, 3.8) is 0 Å². The van der Waals surface area contributed by atoms with Gasteiger partial charge in [0.05, 0.1) is 6.21 Å². The molecule has 3 N–H and O–H groups in total. The summed E-state index contributed by atoms with van der Waals surface area (Å²) in [5.74, 6) is 0.0202. The molecule has 4 heteroatoms. The predicted octanol–water partition coefficient (Wildman–Crippen LogP) is 2.36. The summed E-state index contributed by atoms with van der Waals surface area (Å²) in [6.45, 7) is 7.14. The van der Waals surface area contributed by atoms with Gasteiger partial charge in [0.1, 0.15) is 11.5 Å². The predicted molar refractivity (Wildman–Crippen MR) is 67.0 cm³/mol. The summed E-state index contributed by atoms with van der Waals surface area (Å²) in [6.07, 6.45) is 5.09. The molecule has 0 saturated carbocycles. The van der Waals surface area contributed by atoms with Crippen LogP contribution in [0.5, 0.6) is 11.5 Å². The fraction of sp³-hybridized carbons (Fsp3) is 0.154. The van der Waals surface area contributed by atoms with Gasteiger partial charge in [-0.15, -0.1) is 13.2 Å². The number of hydrogen-bond donors (Lipinski definition) is 3. The van der Waals surface area contributed by atoms with E-state index in [1.54, 1.807) is 12.2 Å². The monoisotopic (exact) mass is 233 g/mol. The fourth-order valence-corrected chi connectivity index (χ4v) is 1.64. The molecular weight excluding hydrogens is 218 g/mol. The molecule has 0 spiro atoms. The van der Waals surface area contributed by atoms with E-state index in [4.69, 9.17) is 5.21 Å². The molecule has 0 aliphatic heterocycles. The summed E-state index contributed by atoms with van der Waals surface area (Å²) in [4.78, 5) is 0. The molecule has 0 fully saturated rings. The molecule has 1 rings (SSSR count). The van der Waals surface area contributed by atoms with Gasteiger partial charge in [0.15, 0.2) is 0 Å². The minimum absolute atomic E-state index is 0.0163. The molecular formula is C13H15NO3. The number of allylic oxidation sites excluding steroid dienone is 2. The number of phenols is 2. The number of aromatic hydroxyl groups is 2. The van der Waals surface area contributed by atoms with Crippen LogP contribution in [0.2, 0.25) is 0 Å². The van der Waals surface area contributed by atoms with Gasteiger partial charge < -0.3 is 15.4 Å². The van der Waals surface area contributed by atoms with Gasteiger partial charge in [-0.2, -0.15) is 0 Å². The molecule has 0 atom stereocenters. The minimum Gasteiger partial charge on any atom is -0.508 e. The molecule has 4 nitrogen and oxygen atoms in total. The quantitative estimate of drug-likeness (QED) is 0.240. The maximum Gasteiger partial charge on any atom is 0.128 e. The Morgan fingerprint density at radius 1 is 1.18 bits per heavy atom. The Kier molecular flexibility index (Phi) is 4.34. The van der Waals surface area contributed by atoms with Crippen LogP contribution in [0.1, 0.15) is 16.7 Å². The summed E-state index contributed by atoms with van der Waals surface area (Å²) in [6, 6.07) is 1.48. The zero-order chi connectivity index (χ0) is 12.8. The first-order valence-corrected chi connectivity index (χ1v) is 5.11. The van der Waals surface area contributed by atoms with Gasteiger partial charge in [0, 0.05) is 16.7 Å². The van der Waals surface area contributed by atoms with Gasteiger partial charge in [-0.05, 0) is 18.9 Å². The van der Waals surface area contributed by atoms with E-state index in [9.17, 15) is 10.2 Å². The van der Waals surface area contributed by atoms with E-state index >= 15 is 0 Å². The summed E-state index contributed by atoms with van der Waals surface area (Å²) >= 11 is 0. The third-order valence-corrected chi connectivity index (χ3v) is 2.40. The Balaban J connectivity index is 3.45. The highest BCUT2D eigenvalue weighted by atomic mass is 16.4. The van der Waals surface area contributed by atoms with Crippen molar-refractivity contribution < 1.29 is 15.4 Å². The Hall–Kier alpha value is -2.23. The van der Waals surface area contributed by atoms with Crippen LogP contribution in [-0.4, -0.2) is 21.6 Å². The molecule has 0 aromatic heterocycles. The lowest BCUT2D eigenvalue weighted by Gasteiger charge is -2.12. The highest BCUT2D eigenvalue weighted by molar-refractivity contribution is 5.87. The molecule has 0 aliphatic rings. The minimum atomic E-state index is -0.0163. The smallest absolute Gasteiger partial charge is 0.128 e. The SMILES string of the molecule is C=CCc1cc(O)c(CC=C)c(C=NO)c1O. The fourth-order valence-electron chi connectivity index (χ4n) is 1.64. The van der Waals surface area contributed by atoms with Crippen molar-refractivity contribution in [2.75, 3.05) is 0 Å². The molecule has 1 aromatic rings. The lowest BCUT2D eigenvalue weighted by atomic mass is 9.97. The molecule has 0 radical (unpaired) electrons. The number of benzene rings is 1. The van der Waals surface area contributed by atoms with E-state index in [1.165, 1.54) is 6.07 Å². The van der Waals surface area contributed by atoms with Crippen LogP contribution in [-0.2, 0) is 12.8 Å². The molecule has 17 heavy (non-hydrogen) atoms. The first-order chi connectivity index (χ1) is 8.15. The van der Waals surface area contributed by atoms with Gasteiger partial charge in [-0.25, -0.2) is 0 Å². The molecule has 0 amide bonds. The van der Waals surface area contributed by atoms with E-state index < -0.39 is 0 Å². The van der Waals surface area contributed by atoms with Gasteiger partial charge in [-0.1, -0.05) is 17.3 Å². The Morgan fingerprint density at radius 3 is 2.35 bits per heavy atom. The second-order valence-electron chi connectivity index (χ2n) is 3.53. The first-order valence-electron chi connectivity index (χ1n) is 5.11. The average molecular weight is 233 g/mol. The van der Waals surface area contributed by atoms with Gasteiger partial charge in [-0.3, -0.25) is 0 Å². The highest BCUT2D eigenvalue weighted by Gasteiger charge is 2.14. The summed E-state index contributed by atoms with van der Waals surface area (Å²) in [5.41, 5.74) is 1.30. The Morgan fingerprint density at radius 2 is 1.82 bits per heavy atom. The first kappa shape index (κ1) is 12.8. The third kappa shape index (κ3) is 2.66. The number of nitrogens with zero attached hydrogens (tertiary/aromatic N) is 1. The van der Waals surface area contributed by atoms with Crippen molar-refractivity contribution in [2.24, 2.45) is 5.16 Å². The van der Waals surface area contributed by atoms with Crippen LogP contribution in [0.4, 0.5) is 0 Å². The van der Waals surface area contributed by atoms with Crippen molar-refractivity contribution in [1.29, 1.82) is 0 Å². The van der Waals surface area contributed by atoms with Crippen LogP contribution < -0.4 is 0 Å². The van der Waals surface area contributed by atoms with Crippen molar-refractivity contribution in [3.05, 3.63) is 48.1 Å². The van der Waals surface area contributed by atoms with Crippen molar-refractivity contribution in [3.8, 4) is 11.5 Å². The normalized spacial score (nSPS) is 10.6. The van der Waals surface area contributed by atoms with Crippen LogP contribution in [0, 0.1) is 0 Å². The van der Waals surface area contributed by atoms with Gasteiger partial charge >= 0.3 is 0 Å². The summed E-state index contributed by atoms with van der Waals surface area (Å²) < 4.78 is 0.